The first kappa shape index (κ1) is 12.9. The van der Waals surface area contributed by atoms with Crippen molar-refractivity contribution in [3.8, 4) is 0 Å². The Morgan fingerprint density at radius 3 is 2.87 bits per heavy atom. The number of sulfonamides is 1. The number of hydrogen-bond acceptors (Lipinski definition) is 4. The predicted octanol–water partition coefficient (Wildman–Crippen LogP) is -0.178. The first-order valence-corrected chi connectivity index (χ1v) is 6.91. The topological polar surface area (TPSA) is 81.4 Å². The molecule has 2 atom stereocenters. The van der Waals surface area contributed by atoms with Crippen molar-refractivity contribution in [2.75, 3.05) is 19.7 Å². The van der Waals surface area contributed by atoms with E-state index < -0.39 is 15.3 Å². The van der Waals surface area contributed by atoms with E-state index in [9.17, 15) is 8.42 Å². The van der Waals surface area contributed by atoms with E-state index in [2.05, 4.69) is 4.72 Å². The lowest BCUT2D eigenvalue weighted by Gasteiger charge is -2.13. The molecule has 1 fully saturated rings. The molecule has 5 nitrogen and oxygen atoms in total. The maximum absolute atomic E-state index is 11.5. The van der Waals surface area contributed by atoms with Crippen LogP contribution < -0.4 is 10.5 Å². The molecular weight excluding hydrogens is 216 g/mol. The molecule has 90 valence electrons. The van der Waals surface area contributed by atoms with Gasteiger partial charge in [-0.1, -0.05) is 0 Å². The van der Waals surface area contributed by atoms with Gasteiger partial charge in [-0.2, -0.15) is 0 Å². The molecule has 0 aromatic rings. The Morgan fingerprint density at radius 2 is 2.33 bits per heavy atom. The summed E-state index contributed by atoms with van der Waals surface area (Å²) < 4.78 is 31.0. The second kappa shape index (κ2) is 5.79. The Balaban J connectivity index is 2.23. The fourth-order valence-electron chi connectivity index (χ4n) is 1.50. The molecular formula is C9H20N2O3S. The number of hydrogen-bond donors (Lipinski definition) is 2. The average molecular weight is 236 g/mol. The van der Waals surface area contributed by atoms with Crippen LogP contribution in [0.3, 0.4) is 0 Å². The molecule has 1 aliphatic heterocycles. The molecule has 3 N–H and O–H groups in total. The fraction of sp³-hybridized carbons (Fsp3) is 1.00. The number of nitrogens with two attached hydrogens (primary N) is 1. The monoisotopic (exact) mass is 236 g/mol. The van der Waals surface area contributed by atoms with Crippen molar-refractivity contribution in [1.29, 1.82) is 0 Å². The van der Waals surface area contributed by atoms with Gasteiger partial charge < -0.3 is 10.5 Å². The predicted molar refractivity (Wildman–Crippen MR) is 59.0 cm³/mol. The zero-order valence-corrected chi connectivity index (χ0v) is 9.92. The third-order valence-electron chi connectivity index (χ3n) is 2.66. The summed E-state index contributed by atoms with van der Waals surface area (Å²) in [5.74, 6) is 0. The molecule has 0 amide bonds. The van der Waals surface area contributed by atoms with Crippen LogP contribution in [-0.2, 0) is 14.8 Å². The van der Waals surface area contributed by atoms with Crippen LogP contribution in [0.4, 0.5) is 0 Å². The number of nitrogens with one attached hydrogen (secondary N) is 1. The van der Waals surface area contributed by atoms with Crippen molar-refractivity contribution in [2.45, 2.75) is 37.5 Å². The zero-order valence-electron chi connectivity index (χ0n) is 9.11. The van der Waals surface area contributed by atoms with Gasteiger partial charge in [0.25, 0.3) is 0 Å². The summed E-state index contributed by atoms with van der Waals surface area (Å²) in [4.78, 5) is 0. The van der Waals surface area contributed by atoms with Crippen LogP contribution in [-0.4, -0.2) is 39.5 Å². The normalized spacial score (nSPS) is 24.3. The maximum atomic E-state index is 11.5. The second-order valence-electron chi connectivity index (χ2n) is 3.91. The molecule has 0 saturated carbocycles. The van der Waals surface area contributed by atoms with E-state index in [0.717, 1.165) is 25.9 Å². The summed E-state index contributed by atoms with van der Waals surface area (Å²) in [6.07, 6.45) is 3.09. The molecule has 0 aromatic carbocycles. The van der Waals surface area contributed by atoms with Crippen LogP contribution in [0.5, 0.6) is 0 Å². The Kier molecular flexibility index (Phi) is 4.98. The fourth-order valence-corrected chi connectivity index (χ4v) is 2.44. The minimum Gasteiger partial charge on any atom is -0.378 e. The first-order valence-electron chi connectivity index (χ1n) is 5.36. The summed E-state index contributed by atoms with van der Waals surface area (Å²) >= 11 is 0. The van der Waals surface area contributed by atoms with Crippen LogP contribution in [0.1, 0.15) is 26.2 Å². The van der Waals surface area contributed by atoms with Gasteiger partial charge in [0.1, 0.15) is 0 Å². The minimum atomic E-state index is -3.23. The molecule has 1 heterocycles. The summed E-state index contributed by atoms with van der Waals surface area (Å²) in [5, 5.41) is -0.526. The summed E-state index contributed by atoms with van der Waals surface area (Å²) in [5.41, 5.74) is 5.31. The van der Waals surface area contributed by atoms with E-state index in [1.54, 1.807) is 6.92 Å². The van der Waals surface area contributed by atoms with Gasteiger partial charge in [-0.05, 0) is 26.2 Å². The summed E-state index contributed by atoms with van der Waals surface area (Å²) in [6, 6.07) is 0. The molecule has 15 heavy (non-hydrogen) atoms. The minimum absolute atomic E-state index is 0.148. The lowest BCUT2D eigenvalue weighted by atomic mass is 10.2. The molecule has 0 aromatic heterocycles. The smallest absolute Gasteiger partial charge is 0.215 e. The van der Waals surface area contributed by atoms with Gasteiger partial charge in [-0.3, -0.25) is 0 Å². The van der Waals surface area contributed by atoms with E-state index >= 15 is 0 Å². The highest BCUT2D eigenvalue weighted by Gasteiger charge is 2.20. The van der Waals surface area contributed by atoms with Crippen molar-refractivity contribution in [2.24, 2.45) is 5.73 Å². The van der Waals surface area contributed by atoms with Crippen molar-refractivity contribution < 1.29 is 13.2 Å². The Bertz CT molecular complexity index is 273. The van der Waals surface area contributed by atoms with E-state index in [-0.39, 0.29) is 12.6 Å². The van der Waals surface area contributed by atoms with E-state index in [1.165, 1.54) is 0 Å². The van der Waals surface area contributed by atoms with E-state index in [0.29, 0.717) is 6.54 Å². The second-order valence-corrected chi connectivity index (χ2v) is 6.09. The SMILES string of the molecule is CC(CN)S(=O)(=O)NCCC1CCCO1. The van der Waals surface area contributed by atoms with Gasteiger partial charge >= 0.3 is 0 Å². The molecule has 1 saturated heterocycles. The Morgan fingerprint density at radius 1 is 1.60 bits per heavy atom. The molecule has 0 radical (unpaired) electrons. The summed E-state index contributed by atoms with van der Waals surface area (Å²) in [6.45, 7) is 3.00. The van der Waals surface area contributed by atoms with E-state index in [4.69, 9.17) is 10.5 Å². The van der Waals surface area contributed by atoms with Crippen molar-refractivity contribution >= 4 is 10.0 Å². The van der Waals surface area contributed by atoms with Crippen molar-refractivity contribution in [3.05, 3.63) is 0 Å². The Hall–Kier alpha value is -0.170. The first-order chi connectivity index (χ1) is 7.06. The molecule has 6 heteroatoms. The Labute approximate surface area is 91.4 Å². The van der Waals surface area contributed by atoms with Crippen LogP contribution in [0, 0.1) is 0 Å². The van der Waals surface area contributed by atoms with Crippen LogP contribution in [0.25, 0.3) is 0 Å². The zero-order chi connectivity index (χ0) is 11.3. The standard InChI is InChI=1S/C9H20N2O3S/c1-8(7-10)15(12,13)11-5-4-9-3-2-6-14-9/h8-9,11H,2-7,10H2,1H3. The van der Waals surface area contributed by atoms with Crippen molar-refractivity contribution in [3.63, 3.8) is 0 Å². The summed E-state index contributed by atoms with van der Waals surface area (Å²) in [7, 11) is -3.23. The maximum Gasteiger partial charge on any atom is 0.215 e. The molecule has 0 aliphatic carbocycles. The molecule has 0 spiro atoms. The van der Waals surface area contributed by atoms with Crippen LogP contribution in [0.15, 0.2) is 0 Å². The largest absolute Gasteiger partial charge is 0.378 e. The lowest BCUT2D eigenvalue weighted by Crippen LogP contribution is -2.38. The van der Waals surface area contributed by atoms with Crippen LogP contribution in [0.2, 0.25) is 0 Å². The van der Waals surface area contributed by atoms with Gasteiger partial charge in [-0.25, -0.2) is 13.1 Å². The van der Waals surface area contributed by atoms with Gasteiger partial charge in [0, 0.05) is 19.7 Å². The third kappa shape index (κ3) is 4.06. The number of rotatable bonds is 6. The quantitative estimate of drug-likeness (QED) is 0.670. The average Bonchev–Trinajstić information content (AvgIpc) is 2.69. The van der Waals surface area contributed by atoms with Gasteiger partial charge in [0.05, 0.1) is 11.4 Å². The van der Waals surface area contributed by atoms with E-state index in [1.807, 2.05) is 0 Å². The third-order valence-corrected chi connectivity index (χ3v) is 4.51. The lowest BCUT2D eigenvalue weighted by molar-refractivity contribution is 0.105. The molecule has 1 rings (SSSR count). The molecule has 2 unspecified atom stereocenters. The number of ether oxygens (including phenoxy) is 1. The molecule has 1 aliphatic rings. The van der Waals surface area contributed by atoms with Crippen LogP contribution >= 0.6 is 0 Å². The highest BCUT2D eigenvalue weighted by Crippen LogP contribution is 2.14. The highest BCUT2D eigenvalue weighted by atomic mass is 32.2. The highest BCUT2D eigenvalue weighted by molar-refractivity contribution is 7.90. The van der Waals surface area contributed by atoms with Gasteiger partial charge in [-0.15, -0.1) is 0 Å². The van der Waals surface area contributed by atoms with Gasteiger partial charge in [0.15, 0.2) is 0 Å². The molecule has 0 bridgehead atoms. The van der Waals surface area contributed by atoms with Gasteiger partial charge in [0.2, 0.25) is 10.0 Å². The van der Waals surface area contributed by atoms with Crippen molar-refractivity contribution in [1.82, 2.24) is 4.72 Å².